The summed E-state index contributed by atoms with van der Waals surface area (Å²) in [7, 11) is -20.1. The minimum absolute atomic E-state index is 0. The molecule has 0 saturated heterocycles. The van der Waals surface area contributed by atoms with E-state index in [1.54, 1.807) is 0 Å². The van der Waals surface area contributed by atoms with Crippen LogP contribution in [0.5, 0.6) is 0 Å². The SMILES string of the molecule is O=P([O-])(O)O.O=P([O-])(O)O.O=P([O-])([O-])O.O=P([O-])([O-])O.[Mg+2].[Mg+2].[Mg+2]. The molecule has 0 aromatic rings. The van der Waals surface area contributed by atoms with Crippen LogP contribution in [-0.2, 0) is 18.3 Å². The van der Waals surface area contributed by atoms with Crippen LogP contribution >= 0.6 is 31.3 Å². The van der Waals surface area contributed by atoms with Crippen LogP contribution in [0.4, 0.5) is 0 Å². The van der Waals surface area contributed by atoms with E-state index in [1.165, 1.54) is 0 Å². The van der Waals surface area contributed by atoms with E-state index in [-0.39, 0.29) is 69.2 Å². The van der Waals surface area contributed by atoms with Crippen LogP contribution in [0, 0.1) is 0 Å². The molecule has 128 valence electrons. The maximum absolute atomic E-state index is 8.77. The zero-order valence-electron chi connectivity index (χ0n) is 10.7. The molecule has 0 heterocycles. The fraction of sp³-hybridized carbons (Fsp3) is 0. The molecule has 0 unspecified atom stereocenters. The Kier molecular flexibility index (Phi) is 38.0. The molecule has 16 nitrogen and oxygen atoms in total. The summed E-state index contributed by atoms with van der Waals surface area (Å²) in [6.45, 7) is 0. The molecule has 0 bridgehead atoms. The summed E-state index contributed by atoms with van der Waals surface area (Å²) < 4.78 is 34.9. The summed E-state index contributed by atoms with van der Waals surface area (Å²) in [6, 6.07) is 0. The van der Waals surface area contributed by atoms with Crippen molar-refractivity contribution in [1.82, 2.24) is 0 Å². The molecule has 0 aliphatic heterocycles. The maximum atomic E-state index is 8.77. The van der Waals surface area contributed by atoms with E-state index < -0.39 is 31.3 Å². The van der Waals surface area contributed by atoms with Crippen LogP contribution in [0.2, 0.25) is 0 Å². The van der Waals surface area contributed by atoms with Gasteiger partial charge in [-0.25, -0.2) is 0 Å². The molecule has 0 aromatic carbocycles. The van der Waals surface area contributed by atoms with Crippen LogP contribution in [-0.4, -0.2) is 98.5 Å². The Hall–Kier alpha value is 2.74. The zero-order valence-corrected chi connectivity index (χ0v) is 18.5. The second kappa shape index (κ2) is 19.5. The van der Waals surface area contributed by atoms with Crippen LogP contribution in [0.3, 0.4) is 0 Å². The van der Waals surface area contributed by atoms with E-state index in [9.17, 15) is 0 Å². The molecular weight excluding hydrogens is 453 g/mol. The van der Waals surface area contributed by atoms with Crippen molar-refractivity contribution in [3.05, 3.63) is 0 Å². The summed E-state index contributed by atoms with van der Waals surface area (Å²) in [6.07, 6.45) is 0. The fourth-order valence-corrected chi connectivity index (χ4v) is 0. The predicted octanol–water partition coefficient (Wildman–Crippen LogP) is -8.65. The Bertz CT molecular complexity index is 292. The van der Waals surface area contributed by atoms with Crippen LogP contribution in [0.25, 0.3) is 0 Å². The molecule has 0 aliphatic rings. The topological polar surface area (TPSA) is 328 Å². The number of hydrogen-bond donors (Lipinski definition) is 6. The van der Waals surface area contributed by atoms with Crippen molar-refractivity contribution in [2.75, 3.05) is 0 Å². The summed E-state index contributed by atoms with van der Waals surface area (Å²) >= 11 is 0. The molecule has 6 N–H and O–H groups in total. The van der Waals surface area contributed by atoms with Crippen molar-refractivity contribution in [3.63, 3.8) is 0 Å². The Morgan fingerprint density at radius 3 is 0.435 bits per heavy atom. The third-order valence-electron chi connectivity index (χ3n) is 0. The molecule has 23 heteroatoms. The summed E-state index contributed by atoms with van der Waals surface area (Å²) in [5, 5.41) is 0. The summed E-state index contributed by atoms with van der Waals surface area (Å²) in [4.78, 5) is 94.4. The first kappa shape index (κ1) is 44.9. The van der Waals surface area contributed by atoms with Crippen molar-refractivity contribution < 1.29 is 77.0 Å². The minimum atomic E-state index is -5.14. The molecule has 0 aromatic heterocycles. The number of phosphoric acid groups is 4. The van der Waals surface area contributed by atoms with E-state index in [0.29, 0.717) is 0 Å². The van der Waals surface area contributed by atoms with E-state index in [1.807, 2.05) is 0 Å². The van der Waals surface area contributed by atoms with E-state index in [2.05, 4.69) is 0 Å². The van der Waals surface area contributed by atoms with Gasteiger partial charge in [0.05, 0.1) is 15.6 Å². The molecule has 23 heavy (non-hydrogen) atoms. The van der Waals surface area contributed by atoms with Crippen molar-refractivity contribution in [2.24, 2.45) is 0 Å². The minimum Gasteiger partial charge on any atom is -0.790 e. The Morgan fingerprint density at radius 2 is 0.435 bits per heavy atom. The van der Waals surface area contributed by atoms with Gasteiger partial charge >= 0.3 is 69.2 Å². The van der Waals surface area contributed by atoms with Gasteiger partial charge in [-0.15, -0.1) is 0 Å². The van der Waals surface area contributed by atoms with Gasteiger partial charge < -0.3 is 67.9 Å². The maximum Gasteiger partial charge on any atom is 2.00 e. The second-order valence-electron chi connectivity index (χ2n) is 1.92. The average Bonchev–Trinajstić information content (AvgIpc) is 1.62. The first-order chi connectivity index (χ1) is 8.00. The Morgan fingerprint density at radius 1 is 0.435 bits per heavy atom. The molecule has 0 saturated carbocycles. The van der Waals surface area contributed by atoms with Gasteiger partial charge in [0, 0.05) is 0 Å². The quantitative estimate of drug-likeness (QED) is 0.145. The van der Waals surface area contributed by atoms with E-state index in [0.717, 1.165) is 0 Å². The normalized spacial score (nSPS) is 10.3. The zero-order chi connectivity index (χ0) is 18.0. The van der Waals surface area contributed by atoms with Crippen molar-refractivity contribution in [3.8, 4) is 0 Å². The molecule has 0 aliphatic carbocycles. The molecule has 0 rings (SSSR count). The molecule has 0 atom stereocenters. The first-order valence-electron chi connectivity index (χ1n) is 3.03. The van der Waals surface area contributed by atoms with E-state index in [4.69, 9.17) is 77.0 Å². The van der Waals surface area contributed by atoms with Gasteiger partial charge in [0.1, 0.15) is 0 Å². The molecule has 0 fully saturated rings. The monoisotopic (exact) mass is 458 g/mol. The molecule has 0 radical (unpaired) electrons. The van der Waals surface area contributed by atoms with Gasteiger partial charge in [0.25, 0.3) is 15.6 Å². The van der Waals surface area contributed by atoms with Gasteiger partial charge in [-0.05, 0) is 0 Å². The first-order valence-corrected chi connectivity index (χ1v) is 9.08. The van der Waals surface area contributed by atoms with Crippen LogP contribution in [0.1, 0.15) is 0 Å². The third kappa shape index (κ3) is 1710. The van der Waals surface area contributed by atoms with Gasteiger partial charge in [0.2, 0.25) is 0 Å². The standard InChI is InChI=1S/3Mg.4H3O4P/c;;;4*1-5(2,3)4/h;;;4*(H3,1,2,3,4)/q3*+2;;;;/p-6. The molecular formula is H6Mg3O16P4. The van der Waals surface area contributed by atoms with Gasteiger partial charge in [0.15, 0.2) is 0 Å². The van der Waals surface area contributed by atoms with Gasteiger partial charge in [-0.2, -0.15) is 0 Å². The van der Waals surface area contributed by atoms with E-state index >= 15 is 0 Å². The second-order valence-corrected chi connectivity index (χ2v) is 5.75. The smallest absolute Gasteiger partial charge is 0.790 e. The van der Waals surface area contributed by atoms with Crippen LogP contribution in [0.15, 0.2) is 0 Å². The summed E-state index contributed by atoms with van der Waals surface area (Å²) in [5.74, 6) is 0. The average molecular weight is 459 g/mol. The fourth-order valence-electron chi connectivity index (χ4n) is 0. The van der Waals surface area contributed by atoms with Crippen molar-refractivity contribution in [1.29, 1.82) is 0 Å². The third-order valence-corrected chi connectivity index (χ3v) is 0. The molecule has 0 amide bonds. The Labute approximate surface area is 176 Å². The molecule has 0 spiro atoms. The predicted molar refractivity (Wildman–Crippen MR) is 61.0 cm³/mol. The van der Waals surface area contributed by atoms with Gasteiger partial charge in [-0.3, -0.25) is 9.13 Å². The largest absolute Gasteiger partial charge is 2.00 e. The van der Waals surface area contributed by atoms with Crippen molar-refractivity contribution >= 4 is 100 Å². The van der Waals surface area contributed by atoms with Gasteiger partial charge in [-0.1, -0.05) is 0 Å². The number of rotatable bonds is 0. The number of hydrogen-bond acceptors (Lipinski definition) is 10. The summed E-state index contributed by atoms with van der Waals surface area (Å²) in [5.41, 5.74) is 0. The van der Waals surface area contributed by atoms with Crippen molar-refractivity contribution in [2.45, 2.75) is 0 Å². The Balaban J connectivity index is -0.0000000284. The van der Waals surface area contributed by atoms with Crippen LogP contribution < -0.4 is 29.4 Å².